The number of aromatic nitrogens is 4. The molecule has 0 saturated carbocycles. The van der Waals surface area contributed by atoms with Crippen LogP contribution >= 0.6 is 0 Å². The highest BCUT2D eigenvalue weighted by Crippen LogP contribution is 2.13. The summed E-state index contributed by atoms with van der Waals surface area (Å²) in [6, 6.07) is 6.12. The molecule has 2 radical (unpaired) electrons. The molecule has 0 spiro atoms. The molecule has 3 rings (SSSR count). The molecule has 0 unspecified atom stereocenters. The largest absolute Gasteiger partial charge is 0.384 e. The number of hydrogen-bond donors (Lipinski definition) is 3. The van der Waals surface area contributed by atoms with Crippen LogP contribution in [0.15, 0.2) is 29.4 Å². The number of aromatic amines is 1. The number of nitrogens with one attached hydrogen (secondary N) is 2. The third-order valence-corrected chi connectivity index (χ3v) is 3.92. The van der Waals surface area contributed by atoms with Crippen LogP contribution in [0.2, 0.25) is 0 Å². The number of nitrogens with zero attached hydrogens (tertiary/aromatic N) is 4. The van der Waals surface area contributed by atoms with Crippen LogP contribution in [0, 0.1) is 6.92 Å². The lowest BCUT2D eigenvalue weighted by atomic mass is 10.0. The summed E-state index contributed by atoms with van der Waals surface area (Å²) in [6.07, 6.45) is 3.63. The molecule has 0 fully saturated rings. The minimum atomic E-state index is 0.378. The Balaban J connectivity index is 1.84. The maximum absolute atomic E-state index is 5.99. The Morgan fingerprint density at radius 1 is 1.44 bits per heavy atom. The first-order chi connectivity index (χ1) is 12.1. The predicted molar refractivity (Wildman–Crippen MR) is 102 cm³/mol. The monoisotopic (exact) mass is 335 g/mol. The van der Waals surface area contributed by atoms with E-state index in [0.29, 0.717) is 23.8 Å². The van der Waals surface area contributed by atoms with Gasteiger partial charge in [0.1, 0.15) is 26.0 Å². The van der Waals surface area contributed by atoms with E-state index in [1.165, 1.54) is 16.4 Å². The summed E-state index contributed by atoms with van der Waals surface area (Å²) in [6.45, 7) is 5.36. The number of benzene rings is 1. The second kappa shape index (κ2) is 7.42. The molecule has 2 heterocycles. The van der Waals surface area contributed by atoms with Gasteiger partial charge in [-0.2, -0.15) is 9.78 Å². The molecule has 7 nitrogen and oxygen atoms in total. The number of aliphatic imine (C=N–C) groups is 1. The van der Waals surface area contributed by atoms with Gasteiger partial charge >= 0.3 is 0 Å². The Bertz CT molecular complexity index is 894. The molecule has 0 amide bonds. The molecular formula is C17H22BN7. The standard InChI is InChI=1S/C17H22BN7/c1-3-4-7-20-17(25-16(19)12(18)9-22-25)21-10-15-23-13-6-5-11(2)8-14(13)24-15/h5-6,8-9H,3-4,7,10,19H2,1-2H3,(H,20,21)(H,23,24). The molecule has 0 aliphatic heterocycles. The Kier molecular flexibility index (Phi) is 5.07. The predicted octanol–water partition coefficient (Wildman–Crippen LogP) is 1.24. The van der Waals surface area contributed by atoms with E-state index in [1.807, 2.05) is 12.1 Å². The van der Waals surface area contributed by atoms with Crippen LogP contribution in [0.25, 0.3) is 11.0 Å². The van der Waals surface area contributed by atoms with E-state index in [4.69, 9.17) is 13.6 Å². The minimum Gasteiger partial charge on any atom is -0.384 e. The molecule has 1 aromatic carbocycles. The maximum atomic E-state index is 5.99. The van der Waals surface area contributed by atoms with Crippen molar-refractivity contribution in [2.75, 3.05) is 12.3 Å². The summed E-state index contributed by atoms with van der Waals surface area (Å²) in [5.41, 5.74) is 9.55. The molecule has 0 atom stereocenters. The van der Waals surface area contributed by atoms with Gasteiger partial charge in [0.05, 0.1) is 11.0 Å². The zero-order chi connectivity index (χ0) is 17.8. The number of hydrogen-bond acceptors (Lipinski definition) is 4. The first kappa shape index (κ1) is 17.1. The fraction of sp³-hybridized carbons (Fsp3) is 0.353. The van der Waals surface area contributed by atoms with E-state index in [2.05, 4.69) is 45.3 Å². The van der Waals surface area contributed by atoms with Gasteiger partial charge in [0.2, 0.25) is 5.96 Å². The van der Waals surface area contributed by atoms with Crippen molar-refractivity contribution in [1.29, 1.82) is 0 Å². The Labute approximate surface area is 148 Å². The number of nitrogen functional groups attached to an aromatic ring is 1. The number of unbranched alkanes of at least 4 members (excludes halogenated alkanes) is 1. The third-order valence-electron chi connectivity index (χ3n) is 3.92. The summed E-state index contributed by atoms with van der Waals surface area (Å²) in [7, 11) is 5.80. The molecule has 25 heavy (non-hydrogen) atoms. The van der Waals surface area contributed by atoms with Gasteiger partial charge in [-0.25, -0.2) is 9.98 Å². The first-order valence-electron chi connectivity index (χ1n) is 8.41. The van der Waals surface area contributed by atoms with E-state index in [1.54, 1.807) is 0 Å². The van der Waals surface area contributed by atoms with Gasteiger partial charge in [0.25, 0.3) is 0 Å². The van der Waals surface area contributed by atoms with Crippen LogP contribution < -0.4 is 16.5 Å². The zero-order valence-corrected chi connectivity index (χ0v) is 14.6. The molecule has 128 valence electrons. The van der Waals surface area contributed by atoms with Crippen molar-refractivity contribution in [3.05, 3.63) is 35.8 Å². The van der Waals surface area contributed by atoms with Crippen LogP contribution in [0.3, 0.4) is 0 Å². The molecule has 2 aromatic heterocycles. The number of nitrogens with two attached hydrogens (primary N) is 1. The Morgan fingerprint density at radius 3 is 3.00 bits per heavy atom. The quantitative estimate of drug-likeness (QED) is 0.283. The summed E-state index contributed by atoms with van der Waals surface area (Å²) >= 11 is 0. The fourth-order valence-electron chi connectivity index (χ4n) is 2.52. The molecule has 0 aliphatic rings. The van der Waals surface area contributed by atoms with Crippen molar-refractivity contribution < 1.29 is 0 Å². The topological polar surface area (TPSA) is 96.9 Å². The van der Waals surface area contributed by atoms with E-state index >= 15 is 0 Å². The van der Waals surface area contributed by atoms with Crippen molar-refractivity contribution in [2.24, 2.45) is 4.99 Å². The van der Waals surface area contributed by atoms with Gasteiger partial charge in [-0.1, -0.05) is 19.4 Å². The first-order valence-corrected chi connectivity index (χ1v) is 8.41. The summed E-state index contributed by atoms with van der Waals surface area (Å²) < 4.78 is 1.53. The van der Waals surface area contributed by atoms with Crippen LogP contribution in [0.1, 0.15) is 31.2 Å². The normalized spacial score (nSPS) is 12.0. The van der Waals surface area contributed by atoms with Crippen molar-refractivity contribution in [3.8, 4) is 0 Å². The van der Waals surface area contributed by atoms with Crippen LogP contribution in [0.4, 0.5) is 5.82 Å². The van der Waals surface area contributed by atoms with Gasteiger partial charge < -0.3 is 16.0 Å². The molecule has 0 aliphatic carbocycles. The molecule has 8 heteroatoms. The number of aryl methyl sites for hydroxylation is 1. The highest BCUT2D eigenvalue weighted by molar-refractivity contribution is 6.35. The van der Waals surface area contributed by atoms with Crippen molar-refractivity contribution in [1.82, 2.24) is 25.1 Å². The van der Waals surface area contributed by atoms with Gasteiger partial charge in [0.15, 0.2) is 0 Å². The maximum Gasteiger partial charge on any atom is 0.221 e. The van der Waals surface area contributed by atoms with E-state index in [-0.39, 0.29) is 0 Å². The lowest BCUT2D eigenvalue weighted by molar-refractivity contribution is 0.724. The Morgan fingerprint density at radius 2 is 2.28 bits per heavy atom. The van der Waals surface area contributed by atoms with Crippen LogP contribution in [-0.2, 0) is 6.54 Å². The van der Waals surface area contributed by atoms with Crippen molar-refractivity contribution >= 4 is 36.1 Å². The van der Waals surface area contributed by atoms with E-state index < -0.39 is 0 Å². The highest BCUT2D eigenvalue weighted by atomic mass is 15.4. The van der Waals surface area contributed by atoms with Crippen molar-refractivity contribution in [2.45, 2.75) is 33.2 Å². The lowest BCUT2D eigenvalue weighted by Gasteiger charge is -2.11. The van der Waals surface area contributed by atoms with E-state index in [9.17, 15) is 0 Å². The van der Waals surface area contributed by atoms with Gasteiger partial charge in [-0.05, 0) is 36.5 Å². The second-order valence-corrected chi connectivity index (χ2v) is 6.02. The number of H-pyrrole nitrogens is 1. The molecule has 3 aromatic rings. The second-order valence-electron chi connectivity index (χ2n) is 6.02. The van der Waals surface area contributed by atoms with Crippen LogP contribution in [0.5, 0.6) is 0 Å². The average Bonchev–Trinajstić information content (AvgIpc) is 3.14. The molecule has 0 saturated heterocycles. The lowest BCUT2D eigenvalue weighted by Crippen LogP contribution is -2.33. The third kappa shape index (κ3) is 3.84. The fourth-order valence-corrected chi connectivity index (χ4v) is 2.52. The smallest absolute Gasteiger partial charge is 0.221 e. The molecule has 0 bridgehead atoms. The molecule has 4 N–H and O–H groups in total. The van der Waals surface area contributed by atoms with Gasteiger partial charge in [0, 0.05) is 12.7 Å². The average molecular weight is 335 g/mol. The zero-order valence-electron chi connectivity index (χ0n) is 14.6. The minimum absolute atomic E-state index is 0.378. The number of fused-ring (bicyclic) bond motifs is 1. The molecular weight excluding hydrogens is 313 g/mol. The summed E-state index contributed by atoms with van der Waals surface area (Å²) in [4.78, 5) is 12.5. The summed E-state index contributed by atoms with van der Waals surface area (Å²) in [5, 5.41) is 7.48. The summed E-state index contributed by atoms with van der Waals surface area (Å²) in [5.74, 6) is 1.73. The van der Waals surface area contributed by atoms with Gasteiger partial charge in [-0.15, -0.1) is 0 Å². The van der Waals surface area contributed by atoms with Crippen LogP contribution in [-0.4, -0.2) is 40.1 Å². The van der Waals surface area contributed by atoms with Gasteiger partial charge in [-0.3, -0.25) is 0 Å². The van der Waals surface area contributed by atoms with E-state index in [0.717, 1.165) is 36.2 Å². The number of rotatable bonds is 5. The SMILES string of the molecule is [B]c1cnn(C(=NCc2nc3ccc(C)cc3[nH]2)NCCCC)c1N. The highest BCUT2D eigenvalue weighted by Gasteiger charge is 2.10. The number of anilines is 1. The van der Waals surface area contributed by atoms with Crippen molar-refractivity contribution in [3.63, 3.8) is 0 Å². The Hall–Kier alpha value is -2.77. The number of imidazole rings is 1.